The normalized spacial score (nSPS) is 17.9. The van der Waals surface area contributed by atoms with Crippen molar-refractivity contribution in [2.75, 3.05) is 0 Å². The van der Waals surface area contributed by atoms with Crippen LogP contribution in [0, 0.1) is 11.3 Å². The number of carbonyl (C=O) groups excluding carboxylic acids is 1. The number of benzene rings is 1. The Morgan fingerprint density at radius 1 is 1.36 bits per heavy atom. The van der Waals surface area contributed by atoms with Crippen LogP contribution < -0.4 is 0 Å². The van der Waals surface area contributed by atoms with E-state index in [1.165, 1.54) is 0 Å². The van der Waals surface area contributed by atoms with Crippen LogP contribution in [0.5, 0.6) is 0 Å². The molecule has 14 heavy (non-hydrogen) atoms. The van der Waals surface area contributed by atoms with Crippen molar-refractivity contribution in [1.82, 2.24) is 0 Å². The molecule has 1 aromatic carbocycles. The summed E-state index contributed by atoms with van der Waals surface area (Å²) in [6, 6.07) is 9.57. The molecule has 1 aliphatic carbocycles. The second-order valence-electron chi connectivity index (χ2n) is 3.73. The van der Waals surface area contributed by atoms with E-state index in [4.69, 9.17) is 5.26 Å². The topological polar surface area (TPSA) is 40.9 Å². The van der Waals surface area contributed by atoms with Crippen molar-refractivity contribution in [3.8, 4) is 6.07 Å². The number of hydrogen-bond donors (Lipinski definition) is 0. The number of nitriles is 1. The van der Waals surface area contributed by atoms with Gasteiger partial charge in [0.25, 0.3) is 0 Å². The highest BCUT2D eigenvalue weighted by molar-refractivity contribution is 5.75. The maximum Gasteiger partial charge on any atom is 0.233 e. The number of rotatable bonds is 2. The Balaban J connectivity index is 2.41. The van der Waals surface area contributed by atoms with E-state index in [0.29, 0.717) is 5.56 Å². The molecular weight excluding hydrogens is 174 g/mol. The van der Waals surface area contributed by atoms with E-state index in [1.807, 2.05) is 18.4 Å². The van der Waals surface area contributed by atoms with Gasteiger partial charge in [-0.25, -0.2) is 0 Å². The molecule has 1 aliphatic rings. The Hall–Kier alpha value is -1.62. The van der Waals surface area contributed by atoms with Crippen molar-refractivity contribution in [2.24, 2.45) is 0 Å². The Kier molecular flexibility index (Phi) is 2.09. The third kappa shape index (κ3) is 1.22. The van der Waals surface area contributed by atoms with E-state index < -0.39 is 0 Å². The van der Waals surface area contributed by atoms with Crippen molar-refractivity contribution in [1.29, 1.82) is 5.26 Å². The summed E-state index contributed by atoms with van der Waals surface area (Å²) in [6.45, 7) is 0. The molecule has 2 rings (SSSR count). The maximum absolute atomic E-state index is 10.5. The lowest BCUT2D eigenvalue weighted by atomic mass is 9.65. The predicted octanol–water partition coefficient (Wildman–Crippen LogP) is 2.09. The fourth-order valence-electron chi connectivity index (χ4n) is 1.88. The molecule has 0 amide bonds. The molecule has 0 aliphatic heterocycles. The van der Waals surface area contributed by atoms with Crippen molar-refractivity contribution in [2.45, 2.75) is 24.7 Å². The molecule has 1 aromatic rings. The summed E-state index contributed by atoms with van der Waals surface area (Å²) in [5, 5.41) is 9.11. The van der Waals surface area contributed by atoms with Gasteiger partial charge in [0.05, 0.1) is 11.5 Å². The zero-order valence-corrected chi connectivity index (χ0v) is 7.79. The lowest BCUT2D eigenvalue weighted by Gasteiger charge is -2.35. The van der Waals surface area contributed by atoms with Crippen molar-refractivity contribution >= 4 is 6.29 Å². The van der Waals surface area contributed by atoms with E-state index in [2.05, 4.69) is 6.07 Å². The molecule has 0 aromatic heterocycles. The van der Waals surface area contributed by atoms with Crippen LogP contribution in [-0.4, -0.2) is 6.29 Å². The summed E-state index contributed by atoms with van der Waals surface area (Å²) in [4.78, 5) is 10.5. The molecule has 0 N–H and O–H groups in total. The first-order valence-corrected chi connectivity index (χ1v) is 4.71. The van der Waals surface area contributed by atoms with Gasteiger partial charge in [-0.05, 0) is 30.9 Å². The molecule has 2 nitrogen and oxygen atoms in total. The quantitative estimate of drug-likeness (QED) is 0.706. The minimum absolute atomic E-state index is 0.327. The molecule has 0 heterocycles. The summed E-state index contributed by atoms with van der Waals surface area (Å²) >= 11 is 0. The van der Waals surface area contributed by atoms with E-state index in [-0.39, 0.29) is 5.41 Å². The molecule has 1 fully saturated rings. The fourth-order valence-corrected chi connectivity index (χ4v) is 1.88. The lowest BCUT2D eigenvalue weighted by molar-refractivity contribution is 0.324. The molecule has 0 unspecified atom stereocenters. The van der Waals surface area contributed by atoms with Crippen molar-refractivity contribution in [3.63, 3.8) is 0 Å². The van der Waals surface area contributed by atoms with E-state index in [0.717, 1.165) is 24.8 Å². The molecule has 1 radical (unpaired) electrons. The van der Waals surface area contributed by atoms with Crippen molar-refractivity contribution in [3.05, 3.63) is 35.4 Å². The van der Waals surface area contributed by atoms with Gasteiger partial charge in [0.2, 0.25) is 6.29 Å². The number of nitrogens with zero attached hydrogens (tertiary/aromatic N) is 1. The molecule has 0 atom stereocenters. The minimum atomic E-state index is -0.327. The fraction of sp³-hybridized carbons (Fsp3) is 0.333. The summed E-state index contributed by atoms with van der Waals surface area (Å²) in [6.07, 6.45) is 4.77. The van der Waals surface area contributed by atoms with Crippen LogP contribution in [0.25, 0.3) is 0 Å². The standard InChI is InChI=1S/C12H10NO/c13-9-12(5-2-6-12)11-4-1-3-10(7-11)8-14/h1,3-4,7H,2,5-6H2. The maximum atomic E-state index is 10.5. The second-order valence-corrected chi connectivity index (χ2v) is 3.73. The first-order chi connectivity index (χ1) is 6.80. The van der Waals surface area contributed by atoms with Gasteiger partial charge < -0.3 is 0 Å². The highest BCUT2D eigenvalue weighted by Gasteiger charge is 2.38. The van der Waals surface area contributed by atoms with Crippen LogP contribution in [0.4, 0.5) is 0 Å². The highest BCUT2D eigenvalue weighted by Crippen LogP contribution is 2.43. The SMILES string of the molecule is N#CC1(c2cccc([C]=O)c2)CCC1. The molecule has 2 heteroatoms. The smallest absolute Gasteiger partial charge is 0.233 e. The van der Waals surface area contributed by atoms with Gasteiger partial charge in [-0.3, -0.25) is 4.79 Å². The van der Waals surface area contributed by atoms with Gasteiger partial charge in [-0.2, -0.15) is 5.26 Å². The predicted molar refractivity (Wildman–Crippen MR) is 52.4 cm³/mol. The monoisotopic (exact) mass is 184 g/mol. The van der Waals surface area contributed by atoms with E-state index >= 15 is 0 Å². The molecule has 1 saturated carbocycles. The summed E-state index contributed by atoms with van der Waals surface area (Å²) in [5.74, 6) is 0. The van der Waals surface area contributed by atoms with Gasteiger partial charge in [0.1, 0.15) is 0 Å². The number of hydrogen-bond acceptors (Lipinski definition) is 2. The Morgan fingerprint density at radius 3 is 2.64 bits per heavy atom. The van der Waals surface area contributed by atoms with Gasteiger partial charge in [-0.15, -0.1) is 0 Å². The molecule has 0 spiro atoms. The zero-order valence-electron chi connectivity index (χ0n) is 7.79. The summed E-state index contributed by atoms with van der Waals surface area (Å²) in [5.41, 5.74) is 1.17. The largest absolute Gasteiger partial charge is 0.285 e. The highest BCUT2D eigenvalue weighted by atomic mass is 16.1. The van der Waals surface area contributed by atoms with Gasteiger partial charge in [0, 0.05) is 5.56 Å². The van der Waals surface area contributed by atoms with Gasteiger partial charge >= 0.3 is 0 Å². The Bertz CT molecular complexity index is 399. The van der Waals surface area contributed by atoms with Gasteiger partial charge in [-0.1, -0.05) is 18.2 Å². The lowest BCUT2D eigenvalue weighted by Crippen LogP contribution is -2.32. The Labute approximate surface area is 83.2 Å². The molecular formula is C12H10NO. The van der Waals surface area contributed by atoms with Crippen molar-refractivity contribution < 1.29 is 4.79 Å². The van der Waals surface area contributed by atoms with Gasteiger partial charge in [0.15, 0.2) is 0 Å². The van der Waals surface area contributed by atoms with E-state index in [1.54, 1.807) is 12.1 Å². The second kappa shape index (κ2) is 3.26. The average Bonchev–Trinajstić information content (AvgIpc) is 2.18. The Morgan fingerprint density at radius 2 is 2.14 bits per heavy atom. The van der Waals surface area contributed by atoms with Crippen LogP contribution in [0.2, 0.25) is 0 Å². The zero-order chi connectivity index (χ0) is 10.0. The third-order valence-electron chi connectivity index (χ3n) is 2.95. The van der Waals surface area contributed by atoms with Crippen LogP contribution >= 0.6 is 0 Å². The third-order valence-corrected chi connectivity index (χ3v) is 2.95. The van der Waals surface area contributed by atoms with Crippen LogP contribution in [0.15, 0.2) is 24.3 Å². The summed E-state index contributed by atoms with van der Waals surface area (Å²) in [7, 11) is 0. The first kappa shape index (κ1) is 8.96. The molecule has 69 valence electrons. The van der Waals surface area contributed by atoms with Crippen LogP contribution in [-0.2, 0) is 10.2 Å². The van der Waals surface area contributed by atoms with E-state index in [9.17, 15) is 4.79 Å². The van der Waals surface area contributed by atoms with Crippen LogP contribution in [0.3, 0.4) is 0 Å². The molecule has 0 bridgehead atoms. The summed E-state index contributed by atoms with van der Waals surface area (Å²) < 4.78 is 0. The minimum Gasteiger partial charge on any atom is -0.285 e. The first-order valence-electron chi connectivity index (χ1n) is 4.71. The average molecular weight is 184 g/mol. The van der Waals surface area contributed by atoms with Crippen LogP contribution in [0.1, 0.15) is 30.4 Å². The molecule has 0 saturated heterocycles.